The van der Waals surface area contributed by atoms with Crippen LogP contribution in [0, 0.1) is 21.4 Å². The fourth-order valence-corrected chi connectivity index (χ4v) is 3.35. The second-order valence-corrected chi connectivity index (χ2v) is 7.02. The summed E-state index contributed by atoms with van der Waals surface area (Å²) in [6.07, 6.45) is 7.83. The molecule has 1 heterocycles. The molecule has 1 aromatic heterocycles. The number of guanidine groups is 1. The van der Waals surface area contributed by atoms with Gasteiger partial charge in [0.1, 0.15) is 12.4 Å². The standard InChI is InChI=1S/C16H28N6O2.HI/c1-13(2)9-16(5-4-6-16)12-19-15(17-3)18-7-8-21-11-14(10-20-21)22(23)24;/h10-11,13H,4-9,12H2,1-3H3,(H2,17,18,19);1H. The lowest BCUT2D eigenvalue weighted by Crippen LogP contribution is -2.47. The van der Waals surface area contributed by atoms with Crippen molar-refractivity contribution in [2.75, 3.05) is 20.1 Å². The maximum atomic E-state index is 10.6. The van der Waals surface area contributed by atoms with Gasteiger partial charge in [-0.15, -0.1) is 24.0 Å². The Hall–Kier alpha value is -1.39. The van der Waals surface area contributed by atoms with Crippen LogP contribution >= 0.6 is 24.0 Å². The number of rotatable bonds is 8. The Labute approximate surface area is 166 Å². The van der Waals surface area contributed by atoms with Gasteiger partial charge in [-0.25, -0.2) is 0 Å². The number of hydrogen-bond acceptors (Lipinski definition) is 4. The van der Waals surface area contributed by atoms with Crippen LogP contribution < -0.4 is 10.6 Å². The zero-order chi connectivity index (χ0) is 17.6. The zero-order valence-corrected chi connectivity index (χ0v) is 17.5. The van der Waals surface area contributed by atoms with Crippen molar-refractivity contribution in [3.05, 3.63) is 22.5 Å². The number of halogens is 1. The second kappa shape index (κ2) is 9.93. The van der Waals surface area contributed by atoms with E-state index in [1.54, 1.807) is 11.7 Å². The smallest absolute Gasteiger partial charge is 0.306 e. The maximum Gasteiger partial charge on any atom is 0.306 e. The first-order valence-electron chi connectivity index (χ1n) is 8.55. The van der Waals surface area contributed by atoms with Gasteiger partial charge >= 0.3 is 5.69 Å². The summed E-state index contributed by atoms with van der Waals surface area (Å²) in [7, 11) is 1.75. The molecule has 2 rings (SSSR count). The lowest BCUT2D eigenvalue weighted by molar-refractivity contribution is -0.385. The molecule has 0 unspecified atom stereocenters. The van der Waals surface area contributed by atoms with Crippen molar-refractivity contribution < 1.29 is 4.92 Å². The molecule has 2 N–H and O–H groups in total. The molecular weight excluding hydrogens is 435 g/mol. The van der Waals surface area contributed by atoms with Crippen LogP contribution in [0.3, 0.4) is 0 Å². The van der Waals surface area contributed by atoms with E-state index in [1.165, 1.54) is 38.1 Å². The molecule has 0 atom stereocenters. The van der Waals surface area contributed by atoms with Gasteiger partial charge in [-0.2, -0.15) is 5.10 Å². The highest BCUT2D eigenvalue weighted by Gasteiger charge is 2.37. The number of aromatic nitrogens is 2. The summed E-state index contributed by atoms with van der Waals surface area (Å²) in [6, 6.07) is 0. The second-order valence-electron chi connectivity index (χ2n) is 7.02. The number of nitro groups is 1. The van der Waals surface area contributed by atoms with Crippen LogP contribution in [0.5, 0.6) is 0 Å². The van der Waals surface area contributed by atoms with Crippen LogP contribution in [-0.4, -0.2) is 40.8 Å². The Balaban J connectivity index is 0.00000312. The Morgan fingerprint density at radius 3 is 2.68 bits per heavy atom. The molecule has 142 valence electrons. The van der Waals surface area contributed by atoms with Crippen LogP contribution in [-0.2, 0) is 6.54 Å². The first-order valence-corrected chi connectivity index (χ1v) is 8.55. The molecule has 25 heavy (non-hydrogen) atoms. The zero-order valence-electron chi connectivity index (χ0n) is 15.2. The average molecular weight is 464 g/mol. The minimum absolute atomic E-state index is 0. The summed E-state index contributed by atoms with van der Waals surface area (Å²) in [5.41, 5.74) is 0.423. The van der Waals surface area contributed by atoms with Gasteiger partial charge < -0.3 is 10.6 Å². The van der Waals surface area contributed by atoms with Crippen molar-refractivity contribution >= 4 is 35.6 Å². The number of nitrogens with zero attached hydrogens (tertiary/aromatic N) is 4. The van der Waals surface area contributed by atoms with Gasteiger partial charge in [-0.3, -0.25) is 19.8 Å². The SMILES string of the molecule is CN=C(NCCn1cc([N+](=O)[O-])cn1)NCC1(CC(C)C)CCC1.I. The average Bonchev–Trinajstić information content (AvgIpc) is 2.96. The van der Waals surface area contributed by atoms with Gasteiger partial charge in [-0.1, -0.05) is 20.3 Å². The van der Waals surface area contributed by atoms with Gasteiger partial charge in [0.15, 0.2) is 5.96 Å². The van der Waals surface area contributed by atoms with Crippen molar-refractivity contribution in [3.63, 3.8) is 0 Å². The molecule has 1 saturated carbocycles. The Morgan fingerprint density at radius 2 is 2.20 bits per heavy atom. The fourth-order valence-electron chi connectivity index (χ4n) is 3.35. The fraction of sp³-hybridized carbons (Fsp3) is 0.750. The molecule has 0 aromatic carbocycles. The summed E-state index contributed by atoms with van der Waals surface area (Å²) in [4.78, 5) is 14.4. The van der Waals surface area contributed by atoms with E-state index in [9.17, 15) is 10.1 Å². The van der Waals surface area contributed by atoms with E-state index in [0.29, 0.717) is 24.4 Å². The largest absolute Gasteiger partial charge is 0.356 e. The third-order valence-electron chi connectivity index (χ3n) is 4.57. The Kier molecular flexibility index (Phi) is 8.60. The van der Waals surface area contributed by atoms with Gasteiger partial charge in [-0.05, 0) is 30.6 Å². The van der Waals surface area contributed by atoms with Gasteiger partial charge in [0, 0.05) is 20.1 Å². The highest BCUT2D eigenvalue weighted by atomic mass is 127. The third-order valence-corrected chi connectivity index (χ3v) is 4.57. The molecule has 0 bridgehead atoms. The van der Waals surface area contributed by atoms with Gasteiger partial charge in [0.2, 0.25) is 0 Å². The summed E-state index contributed by atoms with van der Waals surface area (Å²) in [6.45, 7) is 6.65. The molecule has 8 nitrogen and oxygen atoms in total. The molecule has 0 amide bonds. The van der Waals surface area contributed by atoms with E-state index in [0.717, 1.165) is 12.5 Å². The van der Waals surface area contributed by atoms with Crippen molar-refractivity contribution in [2.24, 2.45) is 16.3 Å². The van der Waals surface area contributed by atoms with Crippen LogP contribution in [0.2, 0.25) is 0 Å². The van der Waals surface area contributed by atoms with E-state index < -0.39 is 4.92 Å². The summed E-state index contributed by atoms with van der Waals surface area (Å²) in [5, 5.41) is 21.3. The predicted octanol–water partition coefficient (Wildman–Crippen LogP) is 2.79. The lowest BCUT2D eigenvalue weighted by atomic mass is 9.64. The molecule has 1 aliphatic rings. The number of hydrogen-bond donors (Lipinski definition) is 2. The highest BCUT2D eigenvalue weighted by Crippen LogP contribution is 2.45. The maximum absolute atomic E-state index is 10.6. The van der Waals surface area contributed by atoms with Crippen LogP contribution in [0.1, 0.15) is 39.5 Å². The number of nitrogens with one attached hydrogen (secondary N) is 2. The van der Waals surface area contributed by atoms with E-state index in [1.807, 2.05) is 0 Å². The number of aliphatic imine (C=N–C) groups is 1. The van der Waals surface area contributed by atoms with Crippen LogP contribution in [0.4, 0.5) is 5.69 Å². The molecule has 0 radical (unpaired) electrons. The molecule has 1 fully saturated rings. The van der Waals surface area contributed by atoms with Crippen LogP contribution in [0.25, 0.3) is 0 Å². The minimum atomic E-state index is -0.440. The molecule has 0 saturated heterocycles. The van der Waals surface area contributed by atoms with Gasteiger partial charge in [0.05, 0.1) is 11.5 Å². The molecule has 0 spiro atoms. The lowest BCUT2D eigenvalue weighted by Gasteiger charge is -2.43. The molecular formula is C16H29IN6O2. The summed E-state index contributed by atoms with van der Waals surface area (Å²) in [5.74, 6) is 1.48. The van der Waals surface area contributed by atoms with Crippen molar-refractivity contribution in [1.29, 1.82) is 0 Å². The van der Waals surface area contributed by atoms with Gasteiger partial charge in [0.25, 0.3) is 0 Å². The Morgan fingerprint density at radius 1 is 1.48 bits per heavy atom. The quantitative estimate of drug-likeness (QED) is 0.203. The molecule has 1 aromatic rings. The normalized spacial score (nSPS) is 16.1. The van der Waals surface area contributed by atoms with Crippen molar-refractivity contribution in [2.45, 2.75) is 46.1 Å². The molecule has 0 aliphatic heterocycles. The minimum Gasteiger partial charge on any atom is -0.356 e. The topological polar surface area (TPSA) is 97.4 Å². The monoisotopic (exact) mass is 464 g/mol. The van der Waals surface area contributed by atoms with E-state index >= 15 is 0 Å². The predicted molar refractivity (Wildman–Crippen MR) is 109 cm³/mol. The molecule has 1 aliphatic carbocycles. The van der Waals surface area contributed by atoms with E-state index in [4.69, 9.17) is 0 Å². The van der Waals surface area contributed by atoms with E-state index in [-0.39, 0.29) is 29.7 Å². The first-order chi connectivity index (χ1) is 11.4. The highest BCUT2D eigenvalue weighted by molar-refractivity contribution is 14.0. The first kappa shape index (κ1) is 21.7. The third kappa shape index (κ3) is 6.44. The summed E-state index contributed by atoms with van der Waals surface area (Å²) < 4.78 is 1.56. The molecule has 9 heteroatoms. The summed E-state index contributed by atoms with van der Waals surface area (Å²) >= 11 is 0. The van der Waals surface area contributed by atoms with E-state index in [2.05, 4.69) is 34.6 Å². The van der Waals surface area contributed by atoms with Crippen molar-refractivity contribution in [3.8, 4) is 0 Å². The van der Waals surface area contributed by atoms with Crippen molar-refractivity contribution in [1.82, 2.24) is 20.4 Å². The van der Waals surface area contributed by atoms with Crippen LogP contribution in [0.15, 0.2) is 17.4 Å². The Bertz CT molecular complexity index is 583.